The number of pyridine rings is 1. The number of carboxylic acids is 1. The van der Waals surface area contributed by atoms with Crippen LogP contribution in [0.4, 0.5) is 0 Å². The van der Waals surface area contributed by atoms with Crippen LogP contribution in [0, 0.1) is 0 Å². The van der Waals surface area contributed by atoms with Gasteiger partial charge in [0.05, 0.1) is 11.0 Å². The molecule has 0 radical (unpaired) electrons. The van der Waals surface area contributed by atoms with Crippen LogP contribution in [-0.4, -0.2) is 41.0 Å². The number of hydrogen-bond donors (Lipinski definition) is 1. The topological polar surface area (TPSA) is 70.5 Å². The lowest BCUT2D eigenvalue weighted by molar-refractivity contribution is -0.147. The number of aromatic nitrogens is 1. The fourth-order valence-corrected chi connectivity index (χ4v) is 3.13. The molecule has 1 aromatic heterocycles. The van der Waals surface area contributed by atoms with E-state index in [-0.39, 0.29) is 5.91 Å². The number of hydrogen-bond acceptors (Lipinski definition) is 3. The Balaban J connectivity index is 2.00. The van der Waals surface area contributed by atoms with Gasteiger partial charge < -0.3 is 10.0 Å². The van der Waals surface area contributed by atoms with Crippen molar-refractivity contribution < 1.29 is 14.7 Å². The van der Waals surface area contributed by atoms with Crippen molar-refractivity contribution in [1.82, 2.24) is 9.88 Å². The summed E-state index contributed by atoms with van der Waals surface area (Å²) in [5.74, 6) is -0.873. The van der Waals surface area contributed by atoms with E-state index in [1.807, 2.05) is 24.3 Å². The van der Waals surface area contributed by atoms with Crippen molar-refractivity contribution >= 4 is 11.9 Å². The summed E-state index contributed by atoms with van der Waals surface area (Å²) in [4.78, 5) is 29.5. The van der Waals surface area contributed by atoms with Gasteiger partial charge in [0.1, 0.15) is 0 Å². The third kappa shape index (κ3) is 2.66. The van der Waals surface area contributed by atoms with Crippen molar-refractivity contribution in [1.29, 1.82) is 0 Å². The van der Waals surface area contributed by atoms with E-state index >= 15 is 0 Å². The van der Waals surface area contributed by atoms with Crippen LogP contribution in [0.25, 0.3) is 11.1 Å². The number of nitrogens with zero attached hydrogens (tertiary/aromatic N) is 2. The van der Waals surface area contributed by atoms with Crippen molar-refractivity contribution in [2.45, 2.75) is 24.7 Å². The van der Waals surface area contributed by atoms with Gasteiger partial charge in [0.25, 0.3) is 5.91 Å². The highest BCUT2D eigenvalue weighted by atomic mass is 16.4. The van der Waals surface area contributed by atoms with E-state index in [1.54, 1.807) is 32.6 Å². The minimum atomic E-state index is -0.763. The van der Waals surface area contributed by atoms with E-state index in [2.05, 4.69) is 4.98 Å². The highest BCUT2D eigenvalue weighted by molar-refractivity contribution is 5.94. The smallest absolute Gasteiger partial charge is 0.314 e. The zero-order valence-corrected chi connectivity index (χ0v) is 13.8. The Bertz CT molecular complexity index is 795. The lowest BCUT2D eigenvalue weighted by Gasteiger charge is -2.38. The maximum Gasteiger partial charge on any atom is 0.314 e. The molecule has 1 aliphatic carbocycles. The predicted octanol–water partition coefficient (Wildman–Crippen LogP) is 2.96. The van der Waals surface area contributed by atoms with E-state index in [0.29, 0.717) is 18.4 Å². The standard InChI is InChI=1S/C19H20N2O3/c1-21(2)17(22)15-9-14(11-20-12-15)13-5-3-6-16(10-13)19(18(23)24)7-4-8-19/h3,5-6,9-12H,4,7-8H2,1-2H3,(H,23,24). The molecule has 5 nitrogen and oxygen atoms in total. The van der Waals surface area contributed by atoms with E-state index in [0.717, 1.165) is 23.1 Å². The molecule has 5 heteroatoms. The van der Waals surface area contributed by atoms with Crippen LogP contribution in [0.2, 0.25) is 0 Å². The van der Waals surface area contributed by atoms with Crippen molar-refractivity contribution in [2.75, 3.05) is 14.1 Å². The normalized spacial score (nSPS) is 15.4. The van der Waals surface area contributed by atoms with Crippen molar-refractivity contribution in [3.05, 3.63) is 53.9 Å². The van der Waals surface area contributed by atoms with Crippen LogP contribution in [0.1, 0.15) is 35.2 Å². The van der Waals surface area contributed by atoms with Crippen LogP contribution in [0.5, 0.6) is 0 Å². The monoisotopic (exact) mass is 324 g/mol. The Morgan fingerprint density at radius 2 is 1.88 bits per heavy atom. The molecule has 0 bridgehead atoms. The predicted molar refractivity (Wildman–Crippen MR) is 90.9 cm³/mol. The molecule has 1 aliphatic rings. The molecule has 3 rings (SSSR count). The number of aliphatic carboxylic acids is 1. The summed E-state index contributed by atoms with van der Waals surface area (Å²) in [6.45, 7) is 0. The van der Waals surface area contributed by atoms with Crippen LogP contribution in [0.15, 0.2) is 42.7 Å². The zero-order valence-electron chi connectivity index (χ0n) is 13.8. The number of rotatable bonds is 4. The quantitative estimate of drug-likeness (QED) is 0.938. The van der Waals surface area contributed by atoms with Gasteiger partial charge in [-0.2, -0.15) is 0 Å². The zero-order chi connectivity index (χ0) is 17.3. The molecular formula is C19H20N2O3. The Morgan fingerprint density at radius 3 is 2.46 bits per heavy atom. The summed E-state index contributed by atoms with van der Waals surface area (Å²) in [6, 6.07) is 9.36. The largest absolute Gasteiger partial charge is 0.481 e. The second kappa shape index (κ2) is 6.07. The summed E-state index contributed by atoms with van der Waals surface area (Å²) in [5, 5.41) is 9.61. The van der Waals surface area contributed by atoms with Gasteiger partial charge in [0.2, 0.25) is 0 Å². The molecule has 124 valence electrons. The molecule has 1 N–H and O–H groups in total. The van der Waals surface area contributed by atoms with E-state index in [9.17, 15) is 14.7 Å². The molecule has 0 aliphatic heterocycles. The molecule has 1 saturated carbocycles. The third-order valence-corrected chi connectivity index (χ3v) is 4.76. The second-order valence-corrected chi connectivity index (χ2v) is 6.48. The first-order valence-corrected chi connectivity index (χ1v) is 7.95. The molecule has 1 amide bonds. The number of benzene rings is 1. The molecule has 1 aromatic carbocycles. The molecule has 1 heterocycles. The van der Waals surface area contributed by atoms with Gasteiger partial charge in [-0.1, -0.05) is 24.6 Å². The molecule has 0 spiro atoms. The number of carbonyl (C=O) groups excluding carboxylic acids is 1. The Kier molecular flexibility index (Phi) is 4.09. The van der Waals surface area contributed by atoms with Gasteiger partial charge >= 0.3 is 5.97 Å². The highest BCUT2D eigenvalue weighted by Gasteiger charge is 2.45. The lowest BCUT2D eigenvalue weighted by atomic mass is 9.64. The maximum atomic E-state index is 12.1. The fourth-order valence-electron chi connectivity index (χ4n) is 3.13. The van der Waals surface area contributed by atoms with E-state index in [1.165, 1.54) is 4.90 Å². The summed E-state index contributed by atoms with van der Waals surface area (Å²) >= 11 is 0. The lowest BCUT2D eigenvalue weighted by Crippen LogP contribution is -2.42. The third-order valence-electron chi connectivity index (χ3n) is 4.76. The number of amides is 1. The minimum Gasteiger partial charge on any atom is -0.481 e. The summed E-state index contributed by atoms with van der Waals surface area (Å²) < 4.78 is 0. The van der Waals surface area contributed by atoms with Crippen LogP contribution >= 0.6 is 0 Å². The summed E-state index contributed by atoms with van der Waals surface area (Å²) in [6.07, 6.45) is 5.51. The number of carboxylic acid groups (broad SMARTS) is 1. The van der Waals surface area contributed by atoms with Gasteiger partial charge in [-0.25, -0.2) is 0 Å². The van der Waals surface area contributed by atoms with Gasteiger partial charge in [-0.05, 0) is 36.1 Å². The van der Waals surface area contributed by atoms with Crippen molar-refractivity contribution in [3.8, 4) is 11.1 Å². The van der Waals surface area contributed by atoms with Gasteiger partial charge in [-0.15, -0.1) is 0 Å². The van der Waals surface area contributed by atoms with E-state index in [4.69, 9.17) is 0 Å². The van der Waals surface area contributed by atoms with E-state index < -0.39 is 11.4 Å². The van der Waals surface area contributed by atoms with Crippen molar-refractivity contribution in [3.63, 3.8) is 0 Å². The van der Waals surface area contributed by atoms with Crippen LogP contribution in [0.3, 0.4) is 0 Å². The summed E-state index contributed by atoms with van der Waals surface area (Å²) in [5.41, 5.74) is 2.26. The molecular weight excluding hydrogens is 304 g/mol. The summed E-state index contributed by atoms with van der Waals surface area (Å²) in [7, 11) is 3.39. The maximum absolute atomic E-state index is 12.1. The molecule has 2 aromatic rings. The molecule has 0 saturated heterocycles. The minimum absolute atomic E-state index is 0.110. The molecule has 0 unspecified atom stereocenters. The molecule has 1 fully saturated rings. The Labute approximate surface area is 140 Å². The molecule has 24 heavy (non-hydrogen) atoms. The second-order valence-electron chi connectivity index (χ2n) is 6.48. The SMILES string of the molecule is CN(C)C(=O)c1cncc(-c2cccc(C3(C(=O)O)CCC3)c2)c1. The average Bonchev–Trinajstić information content (AvgIpc) is 2.53. The first kappa shape index (κ1) is 16.2. The van der Waals surface area contributed by atoms with Crippen molar-refractivity contribution in [2.24, 2.45) is 0 Å². The fraction of sp³-hybridized carbons (Fsp3) is 0.316. The first-order chi connectivity index (χ1) is 11.4. The average molecular weight is 324 g/mol. The number of carbonyl (C=O) groups is 2. The van der Waals surface area contributed by atoms with Crippen LogP contribution in [-0.2, 0) is 10.2 Å². The highest BCUT2D eigenvalue weighted by Crippen LogP contribution is 2.44. The van der Waals surface area contributed by atoms with Gasteiger partial charge in [-0.3, -0.25) is 14.6 Å². The van der Waals surface area contributed by atoms with Crippen LogP contribution < -0.4 is 0 Å². The Hall–Kier alpha value is -2.69. The van der Waals surface area contributed by atoms with Gasteiger partial charge in [0, 0.05) is 32.1 Å². The molecule has 0 atom stereocenters. The first-order valence-electron chi connectivity index (χ1n) is 7.95. The van der Waals surface area contributed by atoms with Gasteiger partial charge in [0.15, 0.2) is 0 Å². The Morgan fingerprint density at radius 1 is 1.12 bits per heavy atom.